The Bertz CT molecular complexity index is 196. The molecule has 0 spiro atoms. The van der Waals surface area contributed by atoms with Gasteiger partial charge in [0.15, 0.2) is 0 Å². The van der Waals surface area contributed by atoms with Crippen molar-refractivity contribution >= 4 is 8.56 Å². The minimum absolute atomic E-state index is 0.517. The van der Waals surface area contributed by atoms with Crippen LogP contribution in [0.5, 0.6) is 0 Å². The summed E-state index contributed by atoms with van der Waals surface area (Å²) in [6.07, 6.45) is 11.5. The summed E-state index contributed by atoms with van der Waals surface area (Å²) in [6.45, 7) is 4.53. The monoisotopic (exact) mass is 256 g/mol. The molecule has 0 aromatic rings. The first-order valence-electron chi connectivity index (χ1n) is 7.63. The Hall–Kier alpha value is 0.137. The van der Waals surface area contributed by atoms with E-state index in [0.29, 0.717) is 12.2 Å². The second kappa shape index (κ2) is 6.35. The van der Waals surface area contributed by atoms with E-state index in [1.165, 1.54) is 51.4 Å². The first-order chi connectivity index (χ1) is 8.28. The summed E-state index contributed by atoms with van der Waals surface area (Å²) in [6, 6.07) is 2.24. The smallest absolute Gasteiger partial charge is 0.338 e. The van der Waals surface area contributed by atoms with Gasteiger partial charge in [0.1, 0.15) is 0 Å². The molecule has 0 heterocycles. The normalized spacial score (nSPS) is 23.6. The van der Waals surface area contributed by atoms with Gasteiger partial charge in [-0.2, -0.15) is 0 Å². The van der Waals surface area contributed by atoms with Crippen LogP contribution < -0.4 is 0 Å². The van der Waals surface area contributed by atoms with Crippen molar-refractivity contribution in [1.29, 1.82) is 0 Å². The average Bonchev–Trinajstić information content (AvgIpc) is 3.01. The molecule has 0 saturated heterocycles. The van der Waals surface area contributed by atoms with Crippen molar-refractivity contribution in [2.45, 2.75) is 89.5 Å². The SMILES string of the molecule is CC[Si](CC)(OC1CCCC1)OC1CCCC1. The van der Waals surface area contributed by atoms with E-state index in [0.717, 1.165) is 12.1 Å². The molecule has 0 amide bonds. The van der Waals surface area contributed by atoms with Gasteiger partial charge in [-0.25, -0.2) is 0 Å². The van der Waals surface area contributed by atoms with Gasteiger partial charge in [-0.15, -0.1) is 0 Å². The van der Waals surface area contributed by atoms with E-state index < -0.39 is 8.56 Å². The molecule has 3 heteroatoms. The second-order valence-corrected chi connectivity index (χ2v) is 9.37. The lowest BCUT2D eigenvalue weighted by molar-refractivity contribution is 0.0822. The minimum atomic E-state index is -1.87. The zero-order chi connectivity index (χ0) is 12.1. The summed E-state index contributed by atoms with van der Waals surface area (Å²) in [5.74, 6) is 0. The third-order valence-electron chi connectivity index (χ3n) is 4.44. The van der Waals surface area contributed by atoms with Crippen LogP contribution in [0.3, 0.4) is 0 Å². The Morgan fingerprint density at radius 3 is 1.41 bits per heavy atom. The maximum atomic E-state index is 6.48. The topological polar surface area (TPSA) is 18.5 Å². The maximum absolute atomic E-state index is 6.48. The Kier molecular flexibility index (Phi) is 5.06. The molecule has 2 rings (SSSR count). The molecule has 2 fully saturated rings. The highest BCUT2D eigenvalue weighted by Crippen LogP contribution is 2.32. The van der Waals surface area contributed by atoms with Gasteiger partial charge in [0.2, 0.25) is 0 Å². The van der Waals surface area contributed by atoms with Crippen molar-refractivity contribution in [3.63, 3.8) is 0 Å². The lowest BCUT2D eigenvalue weighted by Gasteiger charge is -2.34. The molecule has 2 aliphatic rings. The molecule has 0 aromatic heterocycles. The number of rotatable bonds is 6. The second-order valence-electron chi connectivity index (χ2n) is 5.67. The maximum Gasteiger partial charge on any atom is 0.338 e. The Morgan fingerprint density at radius 2 is 1.12 bits per heavy atom. The van der Waals surface area contributed by atoms with Crippen LogP contribution >= 0.6 is 0 Å². The third-order valence-corrected chi connectivity index (χ3v) is 8.13. The number of hydrogen-bond donors (Lipinski definition) is 0. The molecule has 100 valence electrons. The van der Waals surface area contributed by atoms with Gasteiger partial charge < -0.3 is 8.85 Å². The van der Waals surface area contributed by atoms with Gasteiger partial charge in [0.05, 0.1) is 0 Å². The van der Waals surface area contributed by atoms with Crippen LogP contribution in [0.25, 0.3) is 0 Å². The van der Waals surface area contributed by atoms with Crippen molar-refractivity contribution in [2.75, 3.05) is 0 Å². The molecule has 0 atom stereocenters. The van der Waals surface area contributed by atoms with E-state index in [2.05, 4.69) is 13.8 Å². The molecule has 2 saturated carbocycles. The fraction of sp³-hybridized carbons (Fsp3) is 1.00. The lowest BCUT2D eigenvalue weighted by Crippen LogP contribution is -2.45. The molecule has 0 radical (unpaired) electrons. The highest BCUT2D eigenvalue weighted by molar-refractivity contribution is 6.67. The van der Waals surface area contributed by atoms with Gasteiger partial charge in [-0.3, -0.25) is 0 Å². The molecule has 17 heavy (non-hydrogen) atoms. The molecule has 0 bridgehead atoms. The average molecular weight is 256 g/mol. The van der Waals surface area contributed by atoms with E-state index in [4.69, 9.17) is 8.85 Å². The van der Waals surface area contributed by atoms with E-state index in [1.807, 2.05) is 0 Å². The van der Waals surface area contributed by atoms with Gasteiger partial charge in [0, 0.05) is 12.2 Å². The first-order valence-corrected chi connectivity index (χ1v) is 9.86. The van der Waals surface area contributed by atoms with Crippen LogP contribution in [0, 0.1) is 0 Å². The molecule has 2 aliphatic carbocycles. The van der Waals surface area contributed by atoms with Crippen LogP contribution in [0.2, 0.25) is 12.1 Å². The molecular formula is C14H28O2Si. The van der Waals surface area contributed by atoms with Crippen LogP contribution in [0.1, 0.15) is 65.2 Å². The van der Waals surface area contributed by atoms with Crippen LogP contribution in [0.4, 0.5) is 0 Å². The standard InChI is InChI=1S/C14H28O2Si/c1-3-17(4-2,15-13-9-5-6-10-13)16-14-11-7-8-12-14/h13-14H,3-12H2,1-2H3. The third kappa shape index (κ3) is 3.55. The highest BCUT2D eigenvalue weighted by Gasteiger charge is 2.39. The Labute approximate surface area is 107 Å². The Morgan fingerprint density at radius 1 is 0.765 bits per heavy atom. The largest absolute Gasteiger partial charge is 0.391 e. The van der Waals surface area contributed by atoms with E-state index >= 15 is 0 Å². The Balaban J connectivity index is 1.91. The van der Waals surface area contributed by atoms with Crippen molar-refractivity contribution in [3.8, 4) is 0 Å². The van der Waals surface area contributed by atoms with Crippen LogP contribution in [-0.4, -0.2) is 20.8 Å². The summed E-state index contributed by atoms with van der Waals surface area (Å²) in [5, 5.41) is 0. The molecule has 0 aromatic carbocycles. The fourth-order valence-electron chi connectivity index (χ4n) is 3.23. The quantitative estimate of drug-likeness (QED) is 0.656. The van der Waals surface area contributed by atoms with E-state index in [9.17, 15) is 0 Å². The minimum Gasteiger partial charge on any atom is -0.391 e. The number of hydrogen-bond acceptors (Lipinski definition) is 2. The summed E-state index contributed by atoms with van der Waals surface area (Å²) >= 11 is 0. The van der Waals surface area contributed by atoms with Crippen molar-refractivity contribution in [2.24, 2.45) is 0 Å². The van der Waals surface area contributed by atoms with E-state index in [1.54, 1.807) is 0 Å². The summed E-state index contributed by atoms with van der Waals surface area (Å²) < 4.78 is 13.0. The van der Waals surface area contributed by atoms with Crippen LogP contribution in [-0.2, 0) is 8.85 Å². The predicted octanol–water partition coefficient (Wildman–Crippen LogP) is 4.39. The van der Waals surface area contributed by atoms with Crippen molar-refractivity contribution in [1.82, 2.24) is 0 Å². The molecular weight excluding hydrogens is 228 g/mol. The summed E-state index contributed by atoms with van der Waals surface area (Å²) in [4.78, 5) is 0. The van der Waals surface area contributed by atoms with Gasteiger partial charge in [-0.1, -0.05) is 39.5 Å². The predicted molar refractivity (Wildman–Crippen MR) is 73.4 cm³/mol. The van der Waals surface area contributed by atoms with Crippen molar-refractivity contribution in [3.05, 3.63) is 0 Å². The first kappa shape index (κ1) is 13.6. The summed E-state index contributed by atoms with van der Waals surface area (Å²) in [5.41, 5.74) is 0. The molecule has 0 unspecified atom stereocenters. The van der Waals surface area contributed by atoms with Crippen LogP contribution in [0.15, 0.2) is 0 Å². The van der Waals surface area contributed by atoms with E-state index in [-0.39, 0.29) is 0 Å². The molecule has 0 N–H and O–H groups in total. The molecule has 0 aliphatic heterocycles. The van der Waals surface area contributed by atoms with Crippen molar-refractivity contribution < 1.29 is 8.85 Å². The van der Waals surface area contributed by atoms with Gasteiger partial charge in [-0.05, 0) is 37.8 Å². The summed E-state index contributed by atoms with van der Waals surface area (Å²) in [7, 11) is -1.87. The zero-order valence-electron chi connectivity index (χ0n) is 11.5. The lowest BCUT2D eigenvalue weighted by atomic mass is 10.3. The highest BCUT2D eigenvalue weighted by atomic mass is 28.4. The molecule has 2 nitrogen and oxygen atoms in total. The van der Waals surface area contributed by atoms with Gasteiger partial charge >= 0.3 is 8.56 Å². The fourth-order valence-corrected chi connectivity index (χ4v) is 6.14. The van der Waals surface area contributed by atoms with Gasteiger partial charge in [0.25, 0.3) is 0 Å². The zero-order valence-corrected chi connectivity index (χ0v) is 12.5.